The predicted octanol–water partition coefficient (Wildman–Crippen LogP) is 2.20. The zero-order valence-electron chi connectivity index (χ0n) is 6.80. The summed E-state index contributed by atoms with van der Waals surface area (Å²) in [5.41, 5.74) is 2.79. The van der Waals surface area contributed by atoms with Gasteiger partial charge in [0.25, 0.3) is 0 Å². The number of methoxy groups -OCH3 is 1. The normalized spacial score (nSPS) is 8.92. The second-order valence-corrected chi connectivity index (χ2v) is 2.52. The van der Waals surface area contributed by atoms with Crippen LogP contribution in [0.2, 0.25) is 5.02 Å². The average Bonchev–Trinajstić information content (AvgIpc) is 2.09. The molecule has 0 aromatic heterocycles. The van der Waals surface area contributed by atoms with Crippen LogP contribution < -0.4 is 16.0 Å². The molecule has 0 saturated carbocycles. The first-order valence-corrected chi connectivity index (χ1v) is 3.56. The number of hydrazine groups is 1. The van der Waals surface area contributed by atoms with Crippen molar-refractivity contribution in [1.29, 1.82) is 0 Å². The van der Waals surface area contributed by atoms with Crippen molar-refractivity contribution in [1.82, 2.24) is 0 Å². The van der Waals surface area contributed by atoms with Gasteiger partial charge in [0.1, 0.15) is 11.6 Å². The number of rotatable bonds is 2. The largest absolute Gasteiger partial charge is 0.494 e. The van der Waals surface area contributed by atoms with Crippen LogP contribution in [0.25, 0.3) is 0 Å². The van der Waals surface area contributed by atoms with Crippen LogP contribution in [0, 0.1) is 5.82 Å². The topological polar surface area (TPSA) is 47.3 Å². The molecule has 0 aliphatic carbocycles. The molecule has 0 amide bonds. The number of anilines is 1. The van der Waals surface area contributed by atoms with Gasteiger partial charge in [-0.15, -0.1) is 12.4 Å². The van der Waals surface area contributed by atoms with E-state index in [-0.39, 0.29) is 17.4 Å². The Bertz CT molecular complexity index is 267. The first kappa shape index (κ1) is 12.3. The summed E-state index contributed by atoms with van der Waals surface area (Å²) in [6.45, 7) is 0. The molecule has 0 heterocycles. The Hall–Kier alpha value is -0.710. The molecule has 1 rings (SSSR count). The summed E-state index contributed by atoms with van der Waals surface area (Å²) in [5, 5.41) is 0.00347. The number of nitrogens with one attached hydrogen (secondary N) is 1. The van der Waals surface area contributed by atoms with E-state index in [2.05, 4.69) is 5.43 Å². The molecular weight excluding hydrogens is 218 g/mol. The monoisotopic (exact) mass is 226 g/mol. The molecule has 0 saturated heterocycles. The van der Waals surface area contributed by atoms with Crippen LogP contribution in [0.4, 0.5) is 10.1 Å². The summed E-state index contributed by atoms with van der Waals surface area (Å²) >= 11 is 5.50. The lowest BCUT2D eigenvalue weighted by molar-refractivity contribution is 0.413. The summed E-state index contributed by atoms with van der Waals surface area (Å²) < 4.78 is 17.6. The third kappa shape index (κ3) is 2.62. The highest BCUT2D eigenvalue weighted by molar-refractivity contribution is 6.31. The van der Waals surface area contributed by atoms with Gasteiger partial charge in [-0.2, -0.15) is 0 Å². The van der Waals surface area contributed by atoms with Crippen molar-refractivity contribution in [2.75, 3.05) is 12.5 Å². The molecule has 0 aliphatic rings. The zero-order chi connectivity index (χ0) is 9.14. The van der Waals surface area contributed by atoms with E-state index in [0.717, 1.165) is 6.07 Å². The Morgan fingerprint density at radius 2 is 2.15 bits per heavy atom. The van der Waals surface area contributed by atoms with Gasteiger partial charge < -0.3 is 10.2 Å². The number of nitrogens with two attached hydrogens (primary N) is 1. The molecule has 3 N–H and O–H groups in total. The minimum absolute atomic E-state index is 0. The van der Waals surface area contributed by atoms with Crippen LogP contribution >= 0.6 is 24.0 Å². The van der Waals surface area contributed by atoms with E-state index in [9.17, 15) is 4.39 Å². The Kier molecular flexibility index (Phi) is 4.83. The van der Waals surface area contributed by atoms with Crippen LogP contribution in [0.1, 0.15) is 0 Å². The van der Waals surface area contributed by atoms with Gasteiger partial charge in [-0.3, -0.25) is 5.84 Å². The molecule has 74 valence electrons. The third-order valence-corrected chi connectivity index (χ3v) is 1.69. The smallest absolute Gasteiger partial charge is 0.146 e. The first-order valence-electron chi connectivity index (χ1n) is 3.18. The molecule has 0 unspecified atom stereocenters. The lowest BCUT2D eigenvalue weighted by Crippen LogP contribution is -2.08. The van der Waals surface area contributed by atoms with Gasteiger partial charge in [0.05, 0.1) is 17.8 Å². The number of hydrogen-bond acceptors (Lipinski definition) is 3. The fourth-order valence-electron chi connectivity index (χ4n) is 0.810. The summed E-state index contributed by atoms with van der Waals surface area (Å²) in [7, 11) is 1.42. The van der Waals surface area contributed by atoms with E-state index in [1.54, 1.807) is 0 Å². The second-order valence-electron chi connectivity index (χ2n) is 2.11. The maximum absolute atomic E-state index is 12.8. The number of ether oxygens (including phenoxy) is 1. The number of nitrogen functional groups attached to an aromatic ring is 1. The van der Waals surface area contributed by atoms with Crippen LogP contribution in [0.15, 0.2) is 12.1 Å². The molecule has 0 bridgehead atoms. The molecular formula is C7H9Cl2FN2O. The van der Waals surface area contributed by atoms with E-state index in [1.165, 1.54) is 13.2 Å². The molecule has 13 heavy (non-hydrogen) atoms. The summed E-state index contributed by atoms with van der Waals surface area (Å²) in [4.78, 5) is 0. The quantitative estimate of drug-likeness (QED) is 0.601. The fourth-order valence-corrected chi connectivity index (χ4v) is 0.974. The Balaban J connectivity index is 0.00000144. The molecule has 6 heteroatoms. The molecule has 3 nitrogen and oxygen atoms in total. The molecule has 0 aliphatic heterocycles. The van der Waals surface area contributed by atoms with E-state index in [1.807, 2.05) is 0 Å². The van der Waals surface area contributed by atoms with Crippen molar-refractivity contribution in [2.45, 2.75) is 0 Å². The summed E-state index contributed by atoms with van der Waals surface area (Å²) in [5.74, 6) is 4.92. The number of hydrogen-bond donors (Lipinski definition) is 2. The standard InChI is InChI=1S/C7H8ClFN2O.ClH/c1-12-7-3-5(9)4(8)2-6(7)11-10;/h2-3,11H,10H2,1H3;1H. The van der Waals surface area contributed by atoms with Gasteiger partial charge in [-0.1, -0.05) is 11.6 Å². The Morgan fingerprint density at radius 1 is 1.54 bits per heavy atom. The van der Waals surface area contributed by atoms with Gasteiger partial charge in [-0.25, -0.2) is 4.39 Å². The van der Waals surface area contributed by atoms with Crippen molar-refractivity contribution in [3.05, 3.63) is 23.0 Å². The van der Waals surface area contributed by atoms with Crippen LogP contribution in [0.3, 0.4) is 0 Å². The van der Waals surface area contributed by atoms with Crippen molar-refractivity contribution < 1.29 is 9.13 Å². The van der Waals surface area contributed by atoms with Gasteiger partial charge in [0, 0.05) is 6.07 Å². The Labute approximate surface area is 86.4 Å². The molecule has 1 aromatic rings. The molecule has 0 fully saturated rings. The van der Waals surface area contributed by atoms with Gasteiger partial charge in [-0.05, 0) is 6.07 Å². The van der Waals surface area contributed by atoms with E-state index < -0.39 is 5.82 Å². The maximum Gasteiger partial charge on any atom is 0.146 e. The fraction of sp³-hybridized carbons (Fsp3) is 0.143. The van der Waals surface area contributed by atoms with Crippen molar-refractivity contribution >= 4 is 29.7 Å². The van der Waals surface area contributed by atoms with Gasteiger partial charge >= 0.3 is 0 Å². The molecule has 0 spiro atoms. The number of halogens is 3. The molecule has 0 atom stereocenters. The van der Waals surface area contributed by atoms with E-state index in [4.69, 9.17) is 22.2 Å². The average molecular weight is 227 g/mol. The highest BCUT2D eigenvalue weighted by atomic mass is 35.5. The molecule has 1 aromatic carbocycles. The minimum Gasteiger partial charge on any atom is -0.494 e. The summed E-state index contributed by atoms with van der Waals surface area (Å²) in [6, 6.07) is 2.52. The highest BCUT2D eigenvalue weighted by Crippen LogP contribution is 2.29. The lowest BCUT2D eigenvalue weighted by Gasteiger charge is -2.07. The van der Waals surface area contributed by atoms with Gasteiger partial charge in [0.15, 0.2) is 0 Å². The minimum atomic E-state index is -0.535. The highest BCUT2D eigenvalue weighted by Gasteiger charge is 2.07. The lowest BCUT2D eigenvalue weighted by atomic mass is 10.3. The SMILES string of the molecule is COc1cc(F)c(Cl)cc1NN.Cl. The van der Waals surface area contributed by atoms with Crippen LogP contribution in [-0.2, 0) is 0 Å². The molecule has 0 radical (unpaired) electrons. The second kappa shape index (κ2) is 5.11. The Morgan fingerprint density at radius 3 is 2.62 bits per heavy atom. The maximum atomic E-state index is 12.8. The van der Waals surface area contributed by atoms with Crippen molar-refractivity contribution in [2.24, 2.45) is 5.84 Å². The predicted molar refractivity (Wildman–Crippen MR) is 53.0 cm³/mol. The van der Waals surface area contributed by atoms with Crippen LogP contribution in [-0.4, -0.2) is 7.11 Å². The van der Waals surface area contributed by atoms with E-state index in [0.29, 0.717) is 11.4 Å². The van der Waals surface area contributed by atoms with Crippen molar-refractivity contribution in [3.63, 3.8) is 0 Å². The van der Waals surface area contributed by atoms with E-state index >= 15 is 0 Å². The van der Waals surface area contributed by atoms with Crippen LogP contribution in [0.5, 0.6) is 5.75 Å². The first-order chi connectivity index (χ1) is 5.69. The summed E-state index contributed by atoms with van der Waals surface area (Å²) in [6.07, 6.45) is 0. The van der Waals surface area contributed by atoms with Gasteiger partial charge in [0.2, 0.25) is 0 Å². The number of benzene rings is 1. The van der Waals surface area contributed by atoms with Crippen molar-refractivity contribution in [3.8, 4) is 5.75 Å². The third-order valence-electron chi connectivity index (χ3n) is 1.40. The zero-order valence-corrected chi connectivity index (χ0v) is 8.38.